The largest absolute Gasteiger partial charge is 0.372 e. The summed E-state index contributed by atoms with van der Waals surface area (Å²) in [5, 5.41) is 5.17. The maximum atomic E-state index is 13.7. The molecule has 1 aliphatic rings. The lowest BCUT2D eigenvalue weighted by Crippen LogP contribution is -2.48. The van der Waals surface area contributed by atoms with Gasteiger partial charge in [-0.3, -0.25) is 9.59 Å². The van der Waals surface area contributed by atoms with Crippen LogP contribution in [0.15, 0.2) is 66.0 Å². The van der Waals surface area contributed by atoms with E-state index in [9.17, 15) is 9.59 Å². The van der Waals surface area contributed by atoms with E-state index in [1.165, 1.54) is 4.88 Å². The lowest BCUT2D eigenvalue weighted by Gasteiger charge is -2.25. The van der Waals surface area contributed by atoms with Crippen LogP contribution in [0.4, 0.5) is 0 Å². The summed E-state index contributed by atoms with van der Waals surface area (Å²) >= 11 is 1.74. The minimum atomic E-state index is -0.590. The molecule has 0 radical (unpaired) electrons. The number of amides is 2. The number of ether oxygens (including phenoxy) is 1. The number of hydrogen-bond acceptors (Lipinski definition) is 5. The van der Waals surface area contributed by atoms with Gasteiger partial charge in [-0.1, -0.05) is 64.1 Å². The van der Waals surface area contributed by atoms with Crippen molar-refractivity contribution in [2.45, 2.75) is 84.6 Å². The fourth-order valence-electron chi connectivity index (χ4n) is 6.05. The fraction of sp³-hybridized carbons (Fsp3) is 0.457. The van der Waals surface area contributed by atoms with Crippen LogP contribution in [0.5, 0.6) is 0 Å². The first-order chi connectivity index (χ1) is 20.9. The molecule has 1 saturated heterocycles. The van der Waals surface area contributed by atoms with Gasteiger partial charge in [0.05, 0.1) is 23.7 Å². The van der Waals surface area contributed by atoms with Gasteiger partial charge in [0.25, 0.3) is 5.91 Å². The second-order valence-electron chi connectivity index (χ2n) is 12.0. The van der Waals surface area contributed by atoms with Crippen molar-refractivity contribution in [3.05, 3.63) is 87.9 Å². The number of likely N-dealkylation sites (tertiary alicyclic amines) is 1. The molecule has 1 aliphatic heterocycles. The zero-order valence-corrected chi connectivity index (χ0v) is 26.6. The summed E-state index contributed by atoms with van der Waals surface area (Å²) in [6.45, 7) is 10.3. The van der Waals surface area contributed by atoms with E-state index in [0.717, 1.165) is 48.1 Å². The summed E-state index contributed by atoms with van der Waals surface area (Å²) in [5.41, 5.74) is 3.51. The number of nitrogens with zero attached hydrogens (tertiary/aromatic N) is 3. The number of carbonyl (C=O) groups is 2. The summed E-state index contributed by atoms with van der Waals surface area (Å²) < 4.78 is 8.46. The van der Waals surface area contributed by atoms with Crippen molar-refractivity contribution in [2.75, 3.05) is 13.1 Å². The average molecular weight is 601 g/mol. The minimum absolute atomic E-state index is 0.00415. The molecule has 2 atom stereocenters. The Balaban J connectivity index is 1.30. The van der Waals surface area contributed by atoms with Gasteiger partial charge in [0.15, 0.2) is 0 Å². The Morgan fingerprint density at radius 3 is 2.56 bits per heavy atom. The SMILES string of the molecule is CCC(CC)n1c(Cc2cccs2)nc2cc(C(=O)N[C@@H](CC(C)C)C(=O)N3CCC(OCc4ccccc4)C3)ccc21. The number of hydrogen-bond donors (Lipinski definition) is 1. The molecule has 2 aromatic carbocycles. The average Bonchev–Trinajstić information content (AvgIpc) is 3.77. The van der Waals surface area contributed by atoms with Crippen LogP contribution in [0.2, 0.25) is 0 Å². The zero-order valence-electron chi connectivity index (χ0n) is 25.8. The third-order valence-corrected chi connectivity index (χ3v) is 9.22. The van der Waals surface area contributed by atoms with Gasteiger partial charge in [0.1, 0.15) is 11.9 Å². The number of imidazole rings is 1. The van der Waals surface area contributed by atoms with Gasteiger partial charge in [-0.25, -0.2) is 4.98 Å². The molecule has 1 unspecified atom stereocenters. The van der Waals surface area contributed by atoms with Crippen molar-refractivity contribution < 1.29 is 14.3 Å². The van der Waals surface area contributed by atoms with Gasteiger partial charge in [-0.15, -0.1) is 11.3 Å². The third-order valence-electron chi connectivity index (χ3n) is 8.34. The predicted octanol–water partition coefficient (Wildman–Crippen LogP) is 7.01. The number of aromatic nitrogens is 2. The molecule has 5 rings (SSSR count). The second-order valence-corrected chi connectivity index (χ2v) is 13.0. The summed E-state index contributed by atoms with van der Waals surface area (Å²) in [7, 11) is 0. The Hall–Kier alpha value is -3.49. The molecule has 1 fully saturated rings. The highest BCUT2D eigenvalue weighted by Gasteiger charge is 2.33. The van der Waals surface area contributed by atoms with E-state index in [-0.39, 0.29) is 23.8 Å². The Kier molecular flexibility index (Phi) is 10.3. The van der Waals surface area contributed by atoms with E-state index in [1.54, 1.807) is 11.3 Å². The van der Waals surface area contributed by atoms with E-state index >= 15 is 0 Å². The molecule has 3 heterocycles. The maximum absolute atomic E-state index is 13.7. The Morgan fingerprint density at radius 2 is 1.86 bits per heavy atom. The fourth-order valence-corrected chi connectivity index (χ4v) is 6.75. The van der Waals surface area contributed by atoms with Gasteiger partial charge in [-0.05, 0) is 66.8 Å². The van der Waals surface area contributed by atoms with Crippen molar-refractivity contribution >= 4 is 34.2 Å². The molecule has 8 heteroatoms. The molecule has 228 valence electrons. The van der Waals surface area contributed by atoms with Crippen LogP contribution in [0, 0.1) is 5.92 Å². The van der Waals surface area contributed by atoms with Crippen LogP contribution in [-0.4, -0.2) is 51.5 Å². The van der Waals surface area contributed by atoms with E-state index in [2.05, 4.69) is 55.1 Å². The molecular formula is C35H44N4O3S. The van der Waals surface area contributed by atoms with E-state index in [1.807, 2.05) is 53.4 Å². The highest BCUT2D eigenvalue weighted by atomic mass is 32.1. The lowest BCUT2D eigenvalue weighted by molar-refractivity contribution is -0.133. The highest BCUT2D eigenvalue weighted by Crippen LogP contribution is 2.29. The van der Waals surface area contributed by atoms with Crippen molar-refractivity contribution in [1.82, 2.24) is 19.8 Å². The topological polar surface area (TPSA) is 76.5 Å². The van der Waals surface area contributed by atoms with Crippen LogP contribution in [0.1, 0.15) is 86.0 Å². The Labute approximate surface area is 259 Å². The second kappa shape index (κ2) is 14.3. The number of benzene rings is 2. The monoisotopic (exact) mass is 600 g/mol. The zero-order chi connectivity index (χ0) is 30.3. The molecule has 0 spiro atoms. The molecular weight excluding hydrogens is 556 g/mol. The summed E-state index contributed by atoms with van der Waals surface area (Å²) in [6.07, 6.45) is 4.15. The Bertz CT molecular complexity index is 1490. The summed E-state index contributed by atoms with van der Waals surface area (Å²) in [4.78, 5) is 35.4. The number of nitrogens with one attached hydrogen (secondary N) is 1. The van der Waals surface area contributed by atoms with Gasteiger partial charge in [0.2, 0.25) is 5.91 Å². The minimum Gasteiger partial charge on any atom is -0.372 e. The third kappa shape index (κ3) is 7.54. The van der Waals surface area contributed by atoms with Crippen LogP contribution >= 0.6 is 11.3 Å². The lowest BCUT2D eigenvalue weighted by atomic mass is 10.0. The van der Waals surface area contributed by atoms with Crippen LogP contribution in [0.25, 0.3) is 11.0 Å². The molecule has 4 aromatic rings. The van der Waals surface area contributed by atoms with Crippen LogP contribution < -0.4 is 5.32 Å². The standard InChI is InChI=1S/C35H44N4O3S/c1-5-27(6-2)39-32-15-14-26(20-30(32)36-33(39)21-29-13-10-18-43-29)34(40)37-31(19-24(3)4)35(41)38-17-16-28(22-38)42-23-25-11-8-7-9-12-25/h7-15,18,20,24,27-28,31H,5-6,16-17,19,21-23H2,1-4H3,(H,37,40)/t28?,31-/m0/s1. The number of rotatable bonds is 13. The van der Waals surface area contributed by atoms with Gasteiger partial charge >= 0.3 is 0 Å². The molecule has 43 heavy (non-hydrogen) atoms. The quantitative estimate of drug-likeness (QED) is 0.179. The molecule has 1 N–H and O–H groups in total. The first-order valence-corrected chi connectivity index (χ1v) is 16.5. The molecule has 2 aromatic heterocycles. The molecule has 0 bridgehead atoms. The van der Waals surface area contributed by atoms with Crippen LogP contribution in [-0.2, 0) is 22.6 Å². The predicted molar refractivity (Wildman–Crippen MR) is 173 cm³/mol. The normalized spacial score (nSPS) is 16.0. The molecule has 0 saturated carbocycles. The molecule has 2 amide bonds. The molecule has 7 nitrogen and oxygen atoms in total. The first-order valence-electron chi connectivity index (χ1n) is 15.6. The molecule has 0 aliphatic carbocycles. The van der Waals surface area contributed by atoms with Gasteiger partial charge < -0.3 is 19.5 Å². The van der Waals surface area contributed by atoms with Crippen molar-refractivity contribution in [3.63, 3.8) is 0 Å². The maximum Gasteiger partial charge on any atom is 0.252 e. The smallest absolute Gasteiger partial charge is 0.252 e. The van der Waals surface area contributed by atoms with E-state index in [4.69, 9.17) is 9.72 Å². The van der Waals surface area contributed by atoms with Gasteiger partial charge in [-0.2, -0.15) is 0 Å². The van der Waals surface area contributed by atoms with Crippen LogP contribution in [0.3, 0.4) is 0 Å². The van der Waals surface area contributed by atoms with E-state index in [0.29, 0.717) is 37.7 Å². The summed E-state index contributed by atoms with van der Waals surface area (Å²) in [6, 6.07) is 19.8. The Morgan fingerprint density at radius 1 is 1.07 bits per heavy atom. The summed E-state index contributed by atoms with van der Waals surface area (Å²) in [5.74, 6) is 0.994. The van der Waals surface area contributed by atoms with Crippen molar-refractivity contribution in [3.8, 4) is 0 Å². The van der Waals surface area contributed by atoms with Gasteiger partial charge in [0, 0.05) is 36.0 Å². The highest BCUT2D eigenvalue weighted by molar-refractivity contribution is 7.09. The number of carbonyl (C=O) groups excluding carboxylic acids is 2. The first kappa shape index (κ1) is 31.0. The van der Waals surface area contributed by atoms with E-state index < -0.39 is 6.04 Å². The van der Waals surface area contributed by atoms with Crippen molar-refractivity contribution in [1.29, 1.82) is 0 Å². The number of fused-ring (bicyclic) bond motifs is 1. The van der Waals surface area contributed by atoms with Crippen molar-refractivity contribution in [2.24, 2.45) is 5.92 Å². The number of thiophene rings is 1.